The molecule has 1 heterocycles. The van der Waals surface area contributed by atoms with Crippen LogP contribution < -0.4 is 5.32 Å². The quantitative estimate of drug-likeness (QED) is 0.539. The van der Waals surface area contributed by atoms with Crippen LogP contribution in [0.3, 0.4) is 0 Å². The second kappa shape index (κ2) is 7.21. The number of benzene rings is 2. The Hall–Kier alpha value is -3.58. The lowest BCUT2D eigenvalue weighted by Gasteiger charge is -2.20. The van der Waals surface area contributed by atoms with E-state index in [0.717, 1.165) is 0 Å². The van der Waals surface area contributed by atoms with Crippen LogP contribution in [0.5, 0.6) is 0 Å². The molecule has 0 atom stereocenters. The normalized spacial score (nSPS) is 12.1. The molecule has 28 heavy (non-hydrogen) atoms. The van der Waals surface area contributed by atoms with Crippen LogP contribution in [0.25, 0.3) is 0 Å². The van der Waals surface area contributed by atoms with Crippen LogP contribution in [-0.2, 0) is 9.53 Å². The van der Waals surface area contributed by atoms with E-state index in [4.69, 9.17) is 4.74 Å². The van der Waals surface area contributed by atoms with Gasteiger partial charge >= 0.3 is 5.97 Å². The molecule has 1 aliphatic rings. The maximum absolute atomic E-state index is 12.9. The van der Waals surface area contributed by atoms with Gasteiger partial charge in [0.05, 0.1) is 11.3 Å². The molecule has 0 unspecified atom stereocenters. The molecule has 0 bridgehead atoms. The van der Waals surface area contributed by atoms with Gasteiger partial charge in [0.25, 0.3) is 5.91 Å². The first-order valence-corrected chi connectivity index (χ1v) is 9.26. The summed E-state index contributed by atoms with van der Waals surface area (Å²) in [4.78, 5) is 50.0. The van der Waals surface area contributed by atoms with Gasteiger partial charge in [0, 0.05) is 16.7 Å². The molecule has 1 aromatic heterocycles. The zero-order valence-electron chi connectivity index (χ0n) is 14.4. The van der Waals surface area contributed by atoms with Crippen LogP contribution in [0.2, 0.25) is 0 Å². The number of esters is 1. The Labute approximate surface area is 163 Å². The van der Waals surface area contributed by atoms with Gasteiger partial charge in [-0.25, -0.2) is 4.79 Å². The topological polar surface area (TPSA) is 89.5 Å². The summed E-state index contributed by atoms with van der Waals surface area (Å²) < 4.78 is 4.98. The van der Waals surface area contributed by atoms with Gasteiger partial charge in [-0.15, -0.1) is 11.3 Å². The van der Waals surface area contributed by atoms with E-state index in [1.165, 1.54) is 17.4 Å². The van der Waals surface area contributed by atoms with Gasteiger partial charge in [0.2, 0.25) is 0 Å². The lowest BCUT2D eigenvalue weighted by Crippen LogP contribution is -2.25. The van der Waals surface area contributed by atoms with E-state index in [0.29, 0.717) is 16.0 Å². The number of fused-ring (bicyclic) bond motifs is 2. The van der Waals surface area contributed by atoms with E-state index >= 15 is 0 Å². The Morgan fingerprint density at radius 3 is 2.29 bits per heavy atom. The molecular formula is C21H13NO5S. The molecule has 138 valence electrons. The number of anilines is 1. The van der Waals surface area contributed by atoms with Gasteiger partial charge in [0.15, 0.2) is 18.2 Å². The smallest absolute Gasteiger partial charge is 0.348 e. The minimum Gasteiger partial charge on any atom is -0.451 e. The number of rotatable bonds is 4. The van der Waals surface area contributed by atoms with Crippen molar-refractivity contribution in [2.45, 2.75) is 0 Å². The van der Waals surface area contributed by atoms with E-state index in [1.807, 2.05) is 0 Å². The molecule has 0 radical (unpaired) electrons. The number of hydrogen-bond donors (Lipinski definition) is 1. The second-order valence-corrected chi connectivity index (χ2v) is 6.98. The summed E-state index contributed by atoms with van der Waals surface area (Å²) in [5.41, 5.74) is 1.22. The standard InChI is InChI=1S/C21H13NO5S/c23-17(11-27-21(26)16-9-4-10-28-16)22-15-8-3-7-14-18(15)20(25)13-6-2-1-5-12(13)19(14)24/h1-10H,11H2,(H,22,23). The maximum Gasteiger partial charge on any atom is 0.348 e. The summed E-state index contributed by atoms with van der Waals surface area (Å²) in [6.45, 7) is -0.501. The first kappa shape index (κ1) is 17.8. The molecule has 2 aromatic carbocycles. The number of thiophene rings is 1. The van der Waals surface area contributed by atoms with Gasteiger partial charge in [0.1, 0.15) is 4.88 Å². The van der Waals surface area contributed by atoms with Crippen molar-refractivity contribution in [2.75, 3.05) is 11.9 Å². The lowest BCUT2D eigenvalue weighted by molar-refractivity contribution is -0.119. The molecule has 1 amide bonds. The molecule has 1 aliphatic carbocycles. The third-order valence-electron chi connectivity index (χ3n) is 4.28. The summed E-state index contributed by atoms with van der Waals surface area (Å²) in [5, 5.41) is 4.30. The number of hydrogen-bond acceptors (Lipinski definition) is 6. The van der Waals surface area contributed by atoms with Crippen LogP contribution in [0.15, 0.2) is 60.0 Å². The molecule has 0 aliphatic heterocycles. The average Bonchev–Trinajstić information content (AvgIpc) is 3.25. The van der Waals surface area contributed by atoms with Crippen molar-refractivity contribution in [1.82, 2.24) is 0 Å². The van der Waals surface area contributed by atoms with Crippen molar-refractivity contribution in [1.29, 1.82) is 0 Å². The average molecular weight is 391 g/mol. The number of nitrogens with one attached hydrogen (secondary N) is 1. The highest BCUT2D eigenvalue weighted by Crippen LogP contribution is 2.31. The van der Waals surface area contributed by atoms with Crippen molar-refractivity contribution in [3.63, 3.8) is 0 Å². The van der Waals surface area contributed by atoms with Crippen LogP contribution in [0, 0.1) is 0 Å². The minimum absolute atomic E-state index is 0.143. The van der Waals surface area contributed by atoms with Crippen molar-refractivity contribution < 1.29 is 23.9 Å². The van der Waals surface area contributed by atoms with Crippen LogP contribution in [0.1, 0.15) is 41.5 Å². The van der Waals surface area contributed by atoms with Crippen molar-refractivity contribution in [3.8, 4) is 0 Å². The van der Waals surface area contributed by atoms with Gasteiger partial charge in [-0.2, -0.15) is 0 Å². The summed E-state index contributed by atoms with van der Waals surface area (Å²) in [5.74, 6) is -1.81. The van der Waals surface area contributed by atoms with Gasteiger partial charge in [-0.1, -0.05) is 42.5 Å². The number of amides is 1. The van der Waals surface area contributed by atoms with Crippen molar-refractivity contribution in [3.05, 3.63) is 87.1 Å². The number of ketones is 2. The minimum atomic E-state index is -0.600. The molecule has 7 heteroatoms. The first-order valence-electron chi connectivity index (χ1n) is 8.38. The zero-order chi connectivity index (χ0) is 19.7. The highest BCUT2D eigenvalue weighted by atomic mass is 32.1. The molecule has 0 saturated carbocycles. The molecule has 3 aromatic rings. The van der Waals surface area contributed by atoms with Crippen LogP contribution in [0.4, 0.5) is 5.69 Å². The number of carbonyl (C=O) groups excluding carboxylic acids is 4. The zero-order valence-corrected chi connectivity index (χ0v) is 15.2. The van der Waals surface area contributed by atoms with E-state index < -0.39 is 18.5 Å². The highest BCUT2D eigenvalue weighted by Gasteiger charge is 2.31. The molecule has 0 spiro atoms. The molecular weight excluding hydrogens is 378 g/mol. The Morgan fingerprint density at radius 1 is 0.857 bits per heavy atom. The summed E-state index contributed by atoms with van der Waals surface area (Å²) in [7, 11) is 0. The first-order chi connectivity index (χ1) is 13.6. The SMILES string of the molecule is O=C(COC(=O)c1cccs1)Nc1cccc2c1C(=O)c1ccccc1C2=O. The lowest BCUT2D eigenvalue weighted by atomic mass is 9.83. The molecule has 1 N–H and O–H groups in total. The van der Waals surface area contributed by atoms with Gasteiger partial charge in [-0.3, -0.25) is 14.4 Å². The fraction of sp³-hybridized carbons (Fsp3) is 0.0476. The Bertz CT molecular complexity index is 1120. The largest absolute Gasteiger partial charge is 0.451 e. The van der Waals surface area contributed by atoms with E-state index in [-0.39, 0.29) is 28.4 Å². The molecule has 6 nitrogen and oxygen atoms in total. The van der Waals surface area contributed by atoms with Crippen molar-refractivity contribution in [2.24, 2.45) is 0 Å². The Morgan fingerprint density at radius 2 is 1.57 bits per heavy atom. The maximum atomic E-state index is 12.9. The third-order valence-corrected chi connectivity index (χ3v) is 5.13. The predicted octanol–water partition coefficient (Wildman–Crippen LogP) is 3.32. The molecule has 4 rings (SSSR count). The van der Waals surface area contributed by atoms with E-state index in [9.17, 15) is 19.2 Å². The Balaban J connectivity index is 1.55. The van der Waals surface area contributed by atoms with Crippen LogP contribution >= 0.6 is 11.3 Å². The van der Waals surface area contributed by atoms with Gasteiger partial charge in [-0.05, 0) is 17.5 Å². The summed E-state index contributed by atoms with van der Waals surface area (Å²) in [6, 6.07) is 14.6. The molecule has 0 fully saturated rings. The van der Waals surface area contributed by atoms with Crippen molar-refractivity contribution >= 4 is 40.5 Å². The summed E-state index contributed by atoms with van der Waals surface area (Å²) in [6.07, 6.45) is 0. The monoisotopic (exact) mass is 391 g/mol. The summed E-state index contributed by atoms with van der Waals surface area (Å²) >= 11 is 1.21. The van der Waals surface area contributed by atoms with E-state index in [1.54, 1.807) is 53.9 Å². The van der Waals surface area contributed by atoms with E-state index in [2.05, 4.69) is 5.32 Å². The molecule has 0 saturated heterocycles. The third kappa shape index (κ3) is 3.12. The number of ether oxygens (including phenoxy) is 1. The van der Waals surface area contributed by atoms with Crippen LogP contribution in [-0.4, -0.2) is 30.0 Å². The second-order valence-electron chi connectivity index (χ2n) is 6.03. The number of carbonyl (C=O) groups is 4. The van der Waals surface area contributed by atoms with Gasteiger partial charge < -0.3 is 10.1 Å². The fourth-order valence-electron chi connectivity index (χ4n) is 3.03. The predicted molar refractivity (Wildman–Crippen MR) is 103 cm³/mol. The highest BCUT2D eigenvalue weighted by molar-refractivity contribution is 7.11. The fourth-order valence-corrected chi connectivity index (χ4v) is 3.65. The Kier molecular flexibility index (Phi) is 4.58.